The third-order valence-electron chi connectivity index (χ3n) is 4.08. The first-order valence-corrected chi connectivity index (χ1v) is 10.6. The molecule has 2 unspecified atom stereocenters. The highest BCUT2D eigenvalue weighted by atomic mass is 32.2. The zero-order chi connectivity index (χ0) is 23.6. The molecule has 0 N–H and O–H groups in total. The number of thioether (sulfide) groups is 1. The van der Waals surface area contributed by atoms with E-state index in [-0.39, 0.29) is 35.1 Å². The van der Waals surface area contributed by atoms with E-state index in [1.54, 1.807) is 25.2 Å². The molecule has 0 aliphatic heterocycles. The van der Waals surface area contributed by atoms with Crippen LogP contribution in [0, 0.1) is 0 Å². The van der Waals surface area contributed by atoms with Crippen molar-refractivity contribution in [3.05, 3.63) is 35.5 Å². The van der Waals surface area contributed by atoms with Crippen LogP contribution in [0.5, 0.6) is 0 Å². The lowest BCUT2D eigenvalue weighted by Gasteiger charge is -2.28. The molecule has 0 saturated heterocycles. The van der Waals surface area contributed by atoms with Gasteiger partial charge in [-0.05, 0) is 25.6 Å². The molecule has 0 radical (unpaired) electrons. The standard InChI is InChI=1S/C20H24F3NO5S2/c1-4-28-19(30)31-15(10-17(20(21,22)23)29-13(2)26)11-24(3)18(27)16-9-7-5-6-8-14(16)12-25/h5-8,12,15,17H,4,9-11H2,1-3H3. The van der Waals surface area contributed by atoms with Crippen LogP contribution in [-0.2, 0) is 23.9 Å². The van der Waals surface area contributed by atoms with E-state index in [9.17, 15) is 27.6 Å². The summed E-state index contributed by atoms with van der Waals surface area (Å²) in [7, 11) is 1.42. The Hall–Kier alpha value is -2.14. The second-order valence-corrected chi connectivity index (χ2v) is 8.43. The fourth-order valence-electron chi connectivity index (χ4n) is 2.72. The van der Waals surface area contributed by atoms with Gasteiger partial charge in [-0.15, -0.1) is 0 Å². The molecule has 0 fully saturated rings. The van der Waals surface area contributed by atoms with Crippen LogP contribution in [0.4, 0.5) is 13.2 Å². The number of carbonyl (C=O) groups is 3. The number of esters is 1. The number of nitrogens with zero attached hydrogens (tertiary/aromatic N) is 1. The molecule has 0 bridgehead atoms. The first kappa shape index (κ1) is 26.9. The summed E-state index contributed by atoms with van der Waals surface area (Å²) < 4.78 is 49.7. The van der Waals surface area contributed by atoms with Crippen LogP contribution in [0.15, 0.2) is 35.5 Å². The fraction of sp³-hybridized carbons (Fsp3) is 0.500. The average Bonchev–Trinajstić information content (AvgIpc) is 2.91. The SMILES string of the molecule is CCOC(=S)SC(CC(OC(C)=O)C(F)(F)F)CN(C)C(=O)C1=C(C=O)C=CC=CC1. The minimum absolute atomic E-state index is 0.0187. The smallest absolute Gasteiger partial charge is 0.425 e. The number of amides is 1. The van der Waals surface area contributed by atoms with Crippen LogP contribution in [-0.4, -0.2) is 65.2 Å². The number of aldehydes is 1. The van der Waals surface area contributed by atoms with Gasteiger partial charge in [0.05, 0.1) is 6.61 Å². The summed E-state index contributed by atoms with van der Waals surface area (Å²) >= 11 is 5.89. The van der Waals surface area contributed by atoms with Gasteiger partial charge in [0.25, 0.3) is 5.91 Å². The van der Waals surface area contributed by atoms with Crippen molar-refractivity contribution in [3.63, 3.8) is 0 Å². The van der Waals surface area contributed by atoms with E-state index in [1.165, 1.54) is 18.0 Å². The number of rotatable bonds is 9. The molecule has 1 aliphatic rings. The van der Waals surface area contributed by atoms with E-state index >= 15 is 0 Å². The molecule has 0 aromatic rings. The molecular formula is C20H24F3NO5S2. The zero-order valence-corrected chi connectivity index (χ0v) is 18.9. The number of thiocarbonyl (C=S) groups is 1. The van der Waals surface area contributed by atoms with E-state index in [0.717, 1.165) is 18.7 Å². The molecule has 1 amide bonds. The maximum atomic E-state index is 13.4. The second kappa shape index (κ2) is 12.7. The summed E-state index contributed by atoms with van der Waals surface area (Å²) in [5.74, 6) is -1.57. The lowest BCUT2D eigenvalue weighted by atomic mass is 10.0. The molecule has 11 heteroatoms. The van der Waals surface area contributed by atoms with Crippen molar-refractivity contribution in [2.75, 3.05) is 20.2 Å². The van der Waals surface area contributed by atoms with Crippen LogP contribution in [0.25, 0.3) is 0 Å². The zero-order valence-electron chi connectivity index (χ0n) is 17.3. The summed E-state index contributed by atoms with van der Waals surface area (Å²) in [4.78, 5) is 36.6. The first-order chi connectivity index (χ1) is 14.5. The fourth-order valence-corrected chi connectivity index (χ4v) is 4.27. The lowest BCUT2D eigenvalue weighted by Crippen LogP contribution is -2.41. The molecule has 1 rings (SSSR count). The highest BCUT2D eigenvalue weighted by Gasteiger charge is 2.44. The molecule has 31 heavy (non-hydrogen) atoms. The van der Waals surface area contributed by atoms with Crippen molar-refractivity contribution in [2.45, 2.75) is 44.2 Å². The summed E-state index contributed by atoms with van der Waals surface area (Å²) in [6.45, 7) is 2.65. The van der Waals surface area contributed by atoms with Crippen molar-refractivity contribution >= 4 is 46.5 Å². The van der Waals surface area contributed by atoms with Crippen molar-refractivity contribution < 1.29 is 37.0 Å². The second-order valence-electron chi connectivity index (χ2n) is 6.53. The Morgan fingerprint density at radius 3 is 2.58 bits per heavy atom. The number of alkyl halides is 3. The van der Waals surface area contributed by atoms with Gasteiger partial charge >= 0.3 is 12.1 Å². The minimum Gasteiger partial charge on any atom is -0.479 e. The van der Waals surface area contributed by atoms with Gasteiger partial charge in [-0.2, -0.15) is 13.2 Å². The lowest BCUT2D eigenvalue weighted by molar-refractivity contribution is -0.221. The highest BCUT2D eigenvalue weighted by molar-refractivity contribution is 8.23. The summed E-state index contributed by atoms with van der Waals surface area (Å²) in [6, 6.07) is 0. The van der Waals surface area contributed by atoms with Crippen molar-refractivity contribution in [1.82, 2.24) is 4.90 Å². The maximum absolute atomic E-state index is 13.4. The van der Waals surface area contributed by atoms with Gasteiger partial charge in [-0.25, -0.2) is 0 Å². The largest absolute Gasteiger partial charge is 0.479 e. The Morgan fingerprint density at radius 1 is 1.35 bits per heavy atom. The van der Waals surface area contributed by atoms with Gasteiger partial charge in [0.15, 0.2) is 12.4 Å². The van der Waals surface area contributed by atoms with Gasteiger partial charge in [-0.3, -0.25) is 14.4 Å². The third kappa shape index (κ3) is 9.26. The van der Waals surface area contributed by atoms with E-state index in [0.29, 0.717) is 6.29 Å². The van der Waals surface area contributed by atoms with Crippen LogP contribution in [0.1, 0.15) is 26.7 Å². The van der Waals surface area contributed by atoms with Gasteiger partial charge in [0.1, 0.15) is 0 Å². The molecule has 0 saturated carbocycles. The van der Waals surface area contributed by atoms with Gasteiger partial charge in [-0.1, -0.05) is 36.1 Å². The predicted octanol–water partition coefficient (Wildman–Crippen LogP) is 3.76. The Bertz CT molecular complexity index is 777. The average molecular weight is 480 g/mol. The van der Waals surface area contributed by atoms with Crippen molar-refractivity contribution in [1.29, 1.82) is 0 Å². The van der Waals surface area contributed by atoms with E-state index in [2.05, 4.69) is 4.74 Å². The van der Waals surface area contributed by atoms with E-state index < -0.39 is 35.8 Å². The Kier molecular flexibility index (Phi) is 11.0. The number of halogens is 3. The van der Waals surface area contributed by atoms with Crippen molar-refractivity contribution in [3.8, 4) is 0 Å². The molecule has 1 aliphatic carbocycles. The summed E-state index contributed by atoms with van der Waals surface area (Å²) in [6.07, 6.45) is -0.503. The molecular weight excluding hydrogens is 455 g/mol. The summed E-state index contributed by atoms with van der Waals surface area (Å²) in [5.41, 5.74) is 0.426. The molecule has 0 aromatic carbocycles. The van der Waals surface area contributed by atoms with Crippen LogP contribution < -0.4 is 0 Å². The van der Waals surface area contributed by atoms with Crippen LogP contribution in [0.3, 0.4) is 0 Å². The maximum Gasteiger partial charge on any atom is 0.425 e. The quantitative estimate of drug-likeness (QED) is 0.283. The number of hydrogen-bond donors (Lipinski definition) is 0. The van der Waals surface area contributed by atoms with Crippen LogP contribution >= 0.6 is 24.0 Å². The van der Waals surface area contributed by atoms with Crippen LogP contribution in [0.2, 0.25) is 0 Å². The number of allylic oxidation sites excluding steroid dienone is 5. The van der Waals surface area contributed by atoms with Gasteiger partial charge in [0.2, 0.25) is 4.38 Å². The topological polar surface area (TPSA) is 72.9 Å². The Labute approximate surface area is 188 Å². The number of carbonyl (C=O) groups excluding carboxylic acids is 3. The molecule has 172 valence electrons. The molecule has 0 spiro atoms. The molecule has 0 aromatic heterocycles. The normalized spacial score (nSPS) is 15.7. The minimum atomic E-state index is -4.79. The van der Waals surface area contributed by atoms with Gasteiger partial charge < -0.3 is 14.4 Å². The third-order valence-corrected chi connectivity index (χ3v) is 5.47. The van der Waals surface area contributed by atoms with E-state index in [1.807, 2.05) is 0 Å². The number of likely N-dealkylation sites (N-methyl/N-ethyl adjacent to an activating group) is 1. The number of hydrogen-bond acceptors (Lipinski definition) is 7. The first-order valence-electron chi connectivity index (χ1n) is 9.33. The van der Waals surface area contributed by atoms with E-state index in [4.69, 9.17) is 17.0 Å². The Morgan fingerprint density at radius 2 is 2.03 bits per heavy atom. The molecule has 6 nitrogen and oxygen atoms in total. The monoisotopic (exact) mass is 479 g/mol. The summed E-state index contributed by atoms with van der Waals surface area (Å²) in [5, 5.41) is -0.879. The molecule has 2 atom stereocenters. The van der Waals surface area contributed by atoms with Gasteiger partial charge in [0, 0.05) is 43.3 Å². The predicted molar refractivity (Wildman–Crippen MR) is 115 cm³/mol. The Balaban J connectivity index is 3.08. The highest BCUT2D eigenvalue weighted by Crippen LogP contribution is 2.31. The molecule has 0 heterocycles. The van der Waals surface area contributed by atoms with Crippen molar-refractivity contribution in [2.24, 2.45) is 0 Å². The number of ether oxygens (including phenoxy) is 2.